The molecule has 116 valence electrons. The number of hydrogen-bond donors (Lipinski definition) is 2. The van der Waals surface area contributed by atoms with Gasteiger partial charge in [-0.25, -0.2) is 4.98 Å². The number of nitrogens with one attached hydrogen (secondary N) is 1. The summed E-state index contributed by atoms with van der Waals surface area (Å²) in [6.45, 7) is 5.86. The van der Waals surface area contributed by atoms with E-state index in [1.54, 1.807) is 0 Å². The summed E-state index contributed by atoms with van der Waals surface area (Å²) in [7, 11) is 0. The Morgan fingerprint density at radius 3 is 2.71 bits per heavy atom. The number of rotatable bonds is 5. The average Bonchev–Trinajstić information content (AvgIpc) is 2.44. The van der Waals surface area contributed by atoms with Crippen molar-refractivity contribution in [3.05, 3.63) is 22.2 Å². The van der Waals surface area contributed by atoms with Gasteiger partial charge < -0.3 is 15.3 Å². The molecule has 0 atom stereocenters. The van der Waals surface area contributed by atoms with E-state index in [1.165, 1.54) is 12.1 Å². The average molecular weight is 294 g/mol. The Morgan fingerprint density at radius 2 is 2.14 bits per heavy atom. The van der Waals surface area contributed by atoms with Crippen LogP contribution in [0.3, 0.4) is 0 Å². The van der Waals surface area contributed by atoms with Crippen molar-refractivity contribution < 1.29 is 10.0 Å². The van der Waals surface area contributed by atoms with E-state index >= 15 is 0 Å². The molecule has 1 aromatic heterocycles. The molecule has 0 radical (unpaired) electrons. The lowest BCUT2D eigenvalue weighted by Gasteiger charge is -2.36. The van der Waals surface area contributed by atoms with Crippen LogP contribution in [0.4, 0.5) is 17.3 Å². The quantitative estimate of drug-likeness (QED) is 0.638. The highest BCUT2D eigenvalue weighted by Gasteiger charge is 2.28. The summed E-state index contributed by atoms with van der Waals surface area (Å²) < 4.78 is 0. The first-order valence-corrected chi connectivity index (χ1v) is 7.29. The number of hydrogen-bond acceptors (Lipinski definition) is 6. The molecule has 2 N–H and O–H groups in total. The van der Waals surface area contributed by atoms with Crippen molar-refractivity contribution in [1.29, 1.82) is 0 Å². The number of piperidine rings is 1. The third kappa shape index (κ3) is 4.04. The maximum absolute atomic E-state index is 11.1. The van der Waals surface area contributed by atoms with Gasteiger partial charge in [0, 0.05) is 19.6 Å². The van der Waals surface area contributed by atoms with Gasteiger partial charge in [-0.15, -0.1) is 0 Å². The van der Waals surface area contributed by atoms with Gasteiger partial charge in [-0.1, -0.05) is 6.92 Å². The van der Waals surface area contributed by atoms with Crippen molar-refractivity contribution in [3.8, 4) is 0 Å². The van der Waals surface area contributed by atoms with Crippen LogP contribution in [0.2, 0.25) is 0 Å². The Morgan fingerprint density at radius 1 is 1.48 bits per heavy atom. The molecule has 7 nitrogen and oxygen atoms in total. The molecule has 2 rings (SSSR count). The Labute approximate surface area is 124 Å². The topological polar surface area (TPSA) is 91.5 Å². The van der Waals surface area contributed by atoms with Gasteiger partial charge in [0.1, 0.15) is 11.6 Å². The lowest BCUT2D eigenvalue weighted by Crippen LogP contribution is -2.42. The lowest BCUT2D eigenvalue weighted by molar-refractivity contribution is -0.384. The number of aromatic nitrogens is 1. The van der Waals surface area contributed by atoms with E-state index in [-0.39, 0.29) is 5.69 Å². The van der Waals surface area contributed by atoms with Crippen LogP contribution < -0.4 is 10.2 Å². The molecule has 1 aliphatic heterocycles. The number of nitro groups is 1. The summed E-state index contributed by atoms with van der Waals surface area (Å²) in [5.74, 6) is 1.12. The number of aliphatic hydroxyl groups is 1. The molecule has 7 heteroatoms. The minimum Gasteiger partial charge on any atom is -0.390 e. The van der Waals surface area contributed by atoms with E-state index < -0.39 is 10.5 Å². The SMILES string of the molecule is CCCNc1cc([N+](=O)[O-])cc(N2CCC(C)(O)CC2)n1. The second-order valence-corrected chi connectivity index (χ2v) is 5.74. The van der Waals surface area contributed by atoms with E-state index in [1.807, 2.05) is 18.7 Å². The van der Waals surface area contributed by atoms with Crippen LogP contribution in [-0.2, 0) is 0 Å². The van der Waals surface area contributed by atoms with Crippen LogP contribution in [0.1, 0.15) is 33.1 Å². The molecule has 0 amide bonds. The zero-order valence-corrected chi connectivity index (χ0v) is 12.5. The first-order chi connectivity index (χ1) is 9.91. The molecule has 0 aliphatic carbocycles. The fraction of sp³-hybridized carbons (Fsp3) is 0.643. The van der Waals surface area contributed by atoms with Crippen molar-refractivity contribution in [2.45, 2.75) is 38.7 Å². The number of nitrogens with zero attached hydrogens (tertiary/aromatic N) is 3. The van der Waals surface area contributed by atoms with Crippen LogP contribution in [0.15, 0.2) is 12.1 Å². The molecule has 21 heavy (non-hydrogen) atoms. The maximum atomic E-state index is 11.1. The van der Waals surface area contributed by atoms with Crippen molar-refractivity contribution in [3.63, 3.8) is 0 Å². The van der Waals surface area contributed by atoms with E-state index in [2.05, 4.69) is 10.3 Å². The fourth-order valence-corrected chi connectivity index (χ4v) is 2.33. The van der Waals surface area contributed by atoms with Crippen LogP contribution in [0.25, 0.3) is 0 Å². The van der Waals surface area contributed by atoms with Crippen LogP contribution in [0, 0.1) is 10.1 Å². The lowest BCUT2D eigenvalue weighted by atomic mass is 9.94. The summed E-state index contributed by atoms with van der Waals surface area (Å²) >= 11 is 0. The van der Waals surface area contributed by atoms with Crippen LogP contribution in [-0.4, -0.2) is 40.2 Å². The van der Waals surface area contributed by atoms with E-state index in [4.69, 9.17) is 0 Å². The molecule has 1 fully saturated rings. The van der Waals surface area contributed by atoms with Gasteiger partial charge in [-0.2, -0.15) is 0 Å². The summed E-state index contributed by atoms with van der Waals surface area (Å²) in [6, 6.07) is 2.95. The van der Waals surface area contributed by atoms with Gasteiger partial charge in [0.15, 0.2) is 0 Å². The summed E-state index contributed by atoms with van der Waals surface area (Å²) in [4.78, 5) is 17.1. The third-order valence-electron chi connectivity index (χ3n) is 3.73. The predicted octanol–water partition coefficient (Wildman–Crippen LogP) is 2.16. The van der Waals surface area contributed by atoms with Crippen molar-refractivity contribution in [2.75, 3.05) is 29.9 Å². The van der Waals surface area contributed by atoms with Gasteiger partial charge in [-0.3, -0.25) is 10.1 Å². The van der Waals surface area contributed by atoms with Crippen molar-refractivity contribution in [2.24, 2.45) is 0 Å². The largest absolute Gasteiger partial charge is 0.390 e. The highest BCUT2D eigenvalue weighted by atomic mass is 16.6. The summed E-state index contributed by atoms with van der Waals surface area (Å²) in [5, 5.41) is 24.1. The molecule has 0 unspecified atom stereocenters. The molecular formula is C14H22N4O3. The fourth-order valence-electron chi connectivity index (χ4n) is 2.33. The highest BCUT2D eigenvalue weighted by Crippen LogP contribution is 2.28. The molecule has 1 aromatic rings. The van der Waals surface area contributed by atoms with Gasteiger partial charge in [0.2, 0.25) is 0 Å². The van der Waals surface area contributed by atoms with Gasteiger partial charge in [0.25, 0.3) is 5.69 Å². The second kappa shape index (κ2) is 6.26. The van der Waals surface area contributed by atoms with E-state index in [0.717, 1.165) is 13.0 Å². The maximum Gasteiger partial charge on any atom is 0.276 e. The van der Waals surface area contributed by atoms with Crippen LogP contribution in [0.5, 0.6) is 0 Å². The van der Waals surface area contributed by atoms with Gasteiger partial charge >= 0.3 is 0 Å². The minimum absolute atomic E-state index is 0.0379. The highest BCUT2D eigenvalue weighted by molar-refractivity contribution is 5.56. The number of anilines is 2. The first kappa shape index (κ1) is 15.5. The van der Waals surface area contributed by atoms with E-state index in [0.29, 0.717) is 37.6 Å². The zero-order valence-electron chi connectivity index (χ0n) is 12.5. The molecule has 0 aromatic carbocycles. The Kier molecular flexibility index (Phi) is 4.62. The van der Waals surface area contributed by atoms with Crippen molar-refractivity contribution in [1.82, 2.24) is 4.98 Å². The molecule has 0 saturated carbocycles. The van der Waals surface area contributed by atoms with Crippen LogP contribution >= 0.6 is 0 Å². The zero-order chi connectivity index (χ0) is 15.5. The third-order valence-corrected chi connectivity index (χ3v) is 3.73. The number of pyridine rings is 1. The molecular weight excluding hydrogens is 272 g/mol. The molecule has 2 heterocycles. The molecule has 1 saturated heterocycles. The van der Waals surface area contributed by atoms with Crippen molar-refractivity contribution >= 4 is 17.3 Å². The summed E-state index contributed by atoms with van der Waals surface area (Å²) in [6.07, 6.45) is 2.19. The smallest absolute Gasteiger partial charge is 0.276 e. The van der Waals surface area contributed by atoms with E-state index in [9.17, 15) is 15.2 Å². The Balaban J connectivity index is 2.21. The predicted molar refractivity (Wildman–Crippen MR) is 81.7 cm³/mol. The molecule has 0 spiro atoms. The Hall–Kier alpha value is -1.89. The first-order valence-electron chi connectivity index (χ1n) is 7.29. The second-order valence-electron chi connectivity index (χ2n) is 5.74. The summed E-state index contributed by atoms with van der Waals surface area (Å²) in [5.41, 5.74) is -0.614. The normalized spacial score (nSPS) is 17.6. The van der Waals surface area contributed by atoms with Gasteiger partial charge in [-0.05, 0) is 26.2 Å². The molecule has 0 bridgehead atoms. The monoisotopic (exact) mass is 294 g/mol. The molecule has 1 aliphatic rings. The Bertz CT molecular complexity index is 509. The van der Waals surface area contributed by atoms with Gasteiger partial charge in [0.05, 0.1) is 22.7 Å². The minimum atomic E-state index is -0.652. The standard InChI is InChI=1S/C14H22N4O3/c1-3-6-15-12-9-11(18(20)21)10-13(16-12)17-7-4-14(2,19)5-8-17/h9-10,19H,3-8H2,1-2H3,(H,15,16).